The molecule has 1 fully saturated rings. The van der Waals surface area contributed by atoms with E-state index >= 15 is 0 Å². The molecule has 106 valence electrons. The first-order chi connectivity index (χ1) is 8.91. The number of aryl methyl sites for hydroxylation is 1. The Kier molecular flexibility index (Phi) is 4.07. The highest BCUT2D eigenvalue weighted by atomic mass is 16.5. The van der Waals surface area contributed by atoms with Crippen molar-refractivity contribution < 1.29 is 4.74 Å². The third kappa shape index (κ3) is 3.43. The number of ether oxygens (including phenoxy) is 1. The van der Waals surface area contributed by atoms with Crippen LogP contribution in [0.3, 0.4) is 0 Å². The van der Waals surface area contributed by atoms with Gasteiger partial charge in [0.05, 0.1) is 6.61 Å². The quantitative estimate of drug-likeness (QED) is 0.853. The summed E-state index contributed by atoms with van der Waals surface area (Å²) in [5.41, 5.74) is 2.98. The maximum Gasteiger partial charge on any atom is 0.119 e. The molecular formula is C17H27NO. The van der Waals surface area contributed by atoms with Gasteiger partial charge < -0.3 is 10.1 Å². The zero-order valence-corrected chi connectivity index (χ0v) is 12.9. The summed E-state index contributed by atoms with van der Waals surface area (Å²) >= 11 is 0. The minimum absolute atomic E-state index is 0.469. The van der Waals surface area contributed by atoms with Crippen LogP contribution >= 0.6 is 0 Å². The number of hydrogen-bond donors (Lipinski definition) is 1. The Hall–Kier alpha value is -1.18. The van der Waals surface area contributed by atoms with Crippen molar-refractivity contribution >= 4 is 5.69 Å². The van der Waals surface area contributed by atoms with Gasteiger partial charge in [0, 0.05) is 11.7 Å². The Morgan fingerprint density at radius 3 is 2.58 bits per heavy atom. The molecule has 0 amide bonds. The topological polar surface area (TPSA) is 21.3 Å². The molecule has 0 heterocycles. The highest BCUT2D eigenvalue weighted by molar-refractivity contribution is 5.54. The summed E-state index contributed by atoms with van der Waals surface area (Å²) in [7, 11) is 0. The number of hydrogen-bond acceptors (Lipinski definition) is 2. The van der Waals surface area contributed by atoms with E-state index < -0.39 is 0 Å². The highest BCUT2D eigenvalue weighted by Gasteiger charge is 2.36. The lowest BCUT2D eigenvalue weighted by molar-refractivity contribution is 0.340. The first-order valence-electron chi connectivity index (χ1n) is 7.41. The summed E-state index contributed by atoms with van der Waals surface area (Å²) in [6.07, 6.45) is 2.56. The van der Waals surface area contributed by atoms with E-state index in [0.29, 0.717) is 11.5 Å². The minimum atomic E-state index is 0.469. The molecule has 0 radical (unpaired) electrons. The van der Waals surface area contributed by atoms with E-state index in [4.69, 9.17) is 4.74 Å². The number of nitrogens with one attached hydrogen (secondary N) is 1. The van der Waals surface area contributed by atoms with Gasteiger partial charge in [0.1, 0.15) is 5.75 Å². The summed E-state index contributed by atoms with van der Waals surface area (Å²) in [5, 5.41) is 3.73. The molecule has 2 atom stereocenters. The molecule has 0 bridgehead atoms. The van der Waals surface area contributed by atoms with Gasteiger partial charge in [-0.2, -0.15) is 0 Å². The van der Waals surface area contributed by atoms with Crippen molar-refractivity contribution in [3.05, 3.63) is 23.8 Å². The van der Waals surface area contributed by atoms with E-state index in [1.807, 2.05) is 6.92 Å². The molecule has 0 saturated heterocycles. The highest BCUT2D eigenvalue weighted by Crippen LogP contribution is 2.42. The molecule has 0 spiro atoms. The molecule has 2 rings (SSSR count). The minimum Gasteiger partial charge on any atom is -0.494 e. The molecule has 1 aromatic rings. The van der Waals surface area contributed by atoms with Crippen molar-refractivity contribution in [2.75, 3.05) is 11.9 Å². The van der Waals surface area contributed by atoms with E-state index in [1.54, 1.807) is 0 Å². The van der Waals surface area contributed by atoms with Gasteiger partial charge in [0.25, 0.3) is 0 Å². The van der Waals surface area contributed by atoms with Gasteiger partial charge in [-0.1, -0.05) is 20.8 Å². The molecule has 0 aliphatic heterocycles. The predicted molar refractivity (Wildman–Crippen MR) is 81.9 cm³/mol. The monoisotopic (exact) mass is 261 g/mol. The fraction of sp³-hybridized carbons (Fsp3) is 0.647. The van der Waals surface area contributed by atoms with Crippen LogP contribution in [0.15, 0.2) is 18.2 Å². The lowest BCUT2D eigenvalue weighted by Crippen LogP contribution is -2.23. The van der Waals surface area contributed by atoms with E-state index in [0.717, 1.165) is 18.3 Å². The fourth-order valence-corrected chi connectivity index (χ4v) is 3.34. The van der Waals surface area contributed by atoms with Crippen molar-refractivity contribution in [2.24, 2.45) is 11.3 Å². The molecule has 1 N–H and O–H groups in total. The maximum absolute atomic E-state index is 5.54. The van der Waals surface area contributed by atoms with Crippen molar-refractivity contribution in [2.45, 2.75) is 53.5 Å². The molecule has 2 heteroatoms. The molecular weight excluding hydrogens is 234 g/mol. The summed E-state index contributed by atoms with van der Waals surface area (Å²) in [5.74, 6) is 1.70. The Balaban J connectivity index is 2.07. The van der Waals surface area contributed by atoms with Crippen LogP contribution in [0.4, 0.5) is 5.69 Å². The molecule has 19 heavy (non-hydrogen) atoms. The zero-order valence-electron chi connectivity index (χ0n) is 12.9. The van der Waals surface area contributed by atoms with Gasteiger partial charge in [-0.3, -0.25) is 0 Å². The largest absolute Gasteiger partial charge is 0.494 e. The molecule has 1 aliphatic carbocycles. The molecule has 1 aliphatic rings. The Morgan fingerprint density at radius 2 is 2.05 bits per heavy atom. The van der Waals surface area contributed by atoms with Crippen LogP contribution in [0, 0.1) is 18.3 Å². The molecule has 2 nitrogen and oxygen atoms in total. The van der Waals surface area contributed by atoms with Crippen molar-refractivity contribution in [1.82, 2.24) is 0 Å². The summed E-state index contributed by atoms with van der Waals surface area (Å²) in [4.78, 5) is 0. The Bertz CT molecular complexity index is 439. The lowest BCUT2D eigenvalue weighted by Gasteiger charge is -2.21. The normalized spacial score (nSPS) is 25.3. The average Bonchev–Trinajstić information content (AvgIpc) is 2.56. The van der Waals surface area contributed by atoms with Crippen LogP contribution in [0.25, 0.3) is 0 Å². The van der Waals surface area contributed by atoms with Crippen molar-refractivity contribution in [3.63, 3.8) is 0 Å². The molecule has 1 aromatic carbocycles. The second-order valence-electron chi connectivity index (χ2n) is 6.71. The second-order valence-corrected chi connectivity index (χ2v) is 6.71. The van der Waals surface area contributed by atoms with Gasteiger partial charge in [-0.15, -0.1) is 0 Å². The van der Waals surface area contributed by atoms with Crippen LogP contribution in [0.5, 0.6) is 5.75 Å². The van der Waals surface area contributed by atoms with Gasteiger partial charge in [-0.25, -0.2) is 0 Å². The summed E-state index contributed by atoms with van der Waals surface area (Å²) < 4.78 is 5.54. The zero-order chi connectivity index (χ0) is 14.0. The first-order valence-corrected chi connectivity index (χ1v) is 7.41. The van der Waals surface area contributed by atoms with Crippen LogP contribution in [-0.2, 0) is 0 Å². The van der Waals surface area contributed by atoms with E-state index in [-0.39, 0.29) is 0 Å². The number of benzene rings is 1. The summed E-state index contributed by atoms with van der Waals surface area (Å²) in [6, 6.07) is 6.92. The van der Waals surface area contributed by atoms with Crippen LogP contribution in [-0.4, -0.2) is 12.6 Å². The van der Waals surface area contributed by atoms with Crippen LogP contribution < -0.4 is 10.1 Å². The van der Waals surface area contributed by atoms with Gasteiger partial charge in [0.2, 0.25) is 0 Å². The van der Waals surface area contributed by atoms with Gasteiger partial charge >= 0.3 is 0 Å². The Labute approximate surface area is 117 Å². The van der Waals surface area contributed by atoms with E-state index in [1.165, 1.54) is 24.1 Å². The molecule has 2 unspecified atom stereocenters. The van der Waals surface area contributed by atoms with Crippen molar-refractivity contribution in [3.8, 4) is 5.75 Å². The maximum atomic E-state index is 5.54. The van der Waals surface area contributed by atoms with Crippen LogP contribution in [0.2, 0.25) is 0 Å². The molecule has 0 aromatic heterocycles. The fourth-order valence-electron chi connectivity index (χ4n) is 3.34. The second kappa shape index (κ2) is 5.44. The third-order valence-electron chi connectivity index (χ3n) is 4.18. The summed E-state index contributed by atoms with van der Waals surface area (Å²) in [6.45, 7) is 12.0. The SMILES string of the molecule is CCOc1ccc(NC2CC(C)(C)CC2C)c(C)c1. The average molecular weight is 261 g/mol. The predicted octanol–water partition coefficient (Wildman–Crippen LogP) is 4.63. The van der Waals surface area contributed by atoms with E-state index in [9.17, 15) is 0 Å². The lowest BCUT2D eigenvalue weighted by atomic mass is 9.91. The van der Waals surface area contributed by atoms with Crippen molar-refractivity contribution in [1.29, 1.82) is 0 Å². The third-order valence-corrected chi connectivity index (χ3v) is 4.18. The van der Waals surface area contributed by atoms with Crippen LogP contribution in [0.1, 0.15) is 46.1 Å². The van der Waals surface area contributed by atoms with Gasteiger partial charge in [0.15, 0.2) is 0 Å². The smallest absolute Gasteiger partial charge is 0.119 e. The van der Waals surface area contributed by atoms with E-state index in [2.05, 4.69) is 51.2 Å². The number of rotatable bonds is 4. The molecule has 1 saturated carbocycles. The number of anilines is 1. The Morgan fingerprint density at radius 1 is 1.32 bits per heavy atom. The van der Waals surface area contributed by atoms with Gasteiger partial charge in [-0.05, 0) is 61.8 Å². The standard InChI is InChI=1S/C17H27NO/c1-6-19-14-7-8-15(12(2)9-14)18-16-11-17(4,5)10-13(16)3/h7-9,13,16,18H,6,10-11H2,1-5H3. The first kappa shape index (κ1) is 14.2.